The lowest BCUT2D eigenvalue weighted by Crippen LogP contribution is -2.50. The topological polar surface area (TPSA) is 84.0 Å². The van der Waals surface area contributed by atoms with Gasteiger partial charge in [-0.3, -0.25) is 0 Å². The van der Waals surface area contributed by atoms with Crippen LogP contribution in [0.25, 0.3) is 0 Å². The molecule has 3 rings (SSSR count). The van der Waals surface area contributed by atoms with E-state index in [1.165, 1.54) is 27.9 Å². The molecule has 2 aromatic rings. The van der Waals surface area contributed by atoms with E-state index in [9.17, 15) is 16.8 Å². The third-order valence-electron chi connectivity index (χ3n) is 4.54. The van der Waals surface area contributed by atoms with Crippen molar-refractivity contribution in [1.82, 2.24) is 8.61 Å². The van der Waals surface area contributed by atoms with Crippen molar-refractivity contribution in [2.75, 3.05) is 33.3 Å². The SMILES string of the molecule is COc1ccc(S(=O)(=O)N2CCN(S(=O)(=O)Cc3ccccc3)CC2)cc1Br. The molecule has 0 N–H and O–H groups in total. The van der Waals surface area contributed by atoms with Crippen molar-refractivity contribution in [3.63, 3.8) is 0 Å². The summed E-state index contributed by atoms with van der Waals surface area (Å²) in [6.07, 6.45) is 0. The smallest absolute Gasteiger partial charge is 0.243 e. The summed E-state index contributed by atoms with van der Waals surface area (Å²) in [7, 11) is -5.71. The number of halogens is 1. The molecule has 28 heavy (non-hydrogen) atoms. The fourth-order valence-corrected chi connectivity index (χ4v) is 6.68. The summed E-state index contributed by atoms with van der Waals surface area (Å²) >= 11 is 3.30. The number of hydrogen-bond donors (Lipinski definition) is 0. The minimum absolute atomic E-state index is 0.0913. The molecular formula is C18H21BrN2O5S2. The highest BCUT2D eigenvalue weighted by Crippen LogP contribution is 2.29. The second-order valence-electron chi connectivity index (χ2n) is 6.34. The first kappa shape index (κ1) is 21.3. The molecule has 1 fully saturated rings. The van der Waals surface area contributed by atoms with Crippen LogP contribution in [0.3, 0.4) is 0 Å². The fourth-order valence-electron chi connectivity index (χ4n) is 3.02. The summed E-state index contributed by atoms with van der Waals surface area (Å²) < 4.78 is 59.4. The van der Waals surface area contributed by atoms with Crippen molar-refractivity contribution in [2.24, 2.45) is 0 Å². The molecule has 1 aliphatic rings. The van der Waals surface area contributed by atoms with E-state index in [0.29, 0.717) is 15.8 Å². The highest BCUT2D eigenvalue weighted by atomic mass is 79.9. The molecule has 1 aliphatic heterocycles. The zero-order valence-corrected chi connectivity index (χ0v) is 18.5. The Bertz CT molecular complexity index is 1030. The minimum Gasteiger partial charge on any atom is -0.496 e. The first-order valence-corrected chi connectivity index (χ1v) is 12.4. The third kappa shape index (κ3) is 4.57. The van der Waals surface area contributed by atoms with Crippen molar-refractivity contribution in [2.45, 2.75) is 10.6 Å². The molecule has 0 radical (unpaired) electrons. The van der Waals surface area contributed by atoms with Crippen molar-refractivity contribution in [3.05, 3.63) is 58.6 Å². The molecule has 0 saturated carbocycles. The molecule has 0 amide bonds. The van der Waals surface area contributed by atoms with E-state index in [1.807, 2.05) is 6.07 Å². The lowest BCUT2D eigenvalue weighted by Gasteiger charge is -2.33. The lowest BCUT2D eigenvalue weighted by atomic mass is 10.2. The number of rotatable bonds is 6. The van der Waals surface area contributed by atoms with Crippen LogP contribution in [0.2, 0.25) is 0 Å². The van der Waals surface area contributed by atoms with Gasteiger partial charge in [0.25, 0.3) is 0 Å². The number of sulfonamides is 2. The Balaban J connectivity index is 1.70. The number of piperazine rings is 1. The monoisotopic (exact) mass is 488 g/mol. The molecule has 0 atom stereocenters. The van der Waals surface area contributed by atoms with E-state index in [-0.39, 0.29) is 36.8 Å². The largest absolute Gasteiger partial charge is 0.496 e. The van der Waals surface area contributed by atoms with Gasteiger partial charge in [0.2, 0.25) is 20.0 Å². The first-order valence-electron chi connectivity index (χ1n) is 8.59. The normalized spacial score (nSPS) is 16.8. The zero-order chi connectivity index (χ0) is 20.4. The van der Waals surface area contributed by atoms with Crippen LogP contribution in [0.4, 0.5) is 0 Å². The number of ether oxygens (including phenoxy) is 1. The summed E-state index contributed by atoms with van der Waals surface area (Å²) in [6, 6.07) is 13.5. The maximum atomic E-state index is 12.9. The van der Waals surface area contributed by atoms with Crippen LogP contribution < -0.4 is 4.74 Å². The van der Waals surface area contributed by atoms with Crippen LogP contribution in [0.5, 0.6) is 5.75 Å². The van der Waals surface area contributed by atoms with Gasteiger partial charge in [-0.2, -0.15) is 8.61 Å². The van der Waals surface area contributed by atoms with Crippen molar-refractivity contribution < 1.29 is 21.6 Å². The maximum absolute atomic E-state index is 12.9. The molecule has 0 spiro atoms. The molecule has 2 aromatic carbocycles. The summed E-state index contributed by atoms with van der Waals surface area (Å²) in [5, 5.41) is 0. The highest BCUT2D eigenvalue weighted by Gasteiger charge is 2.33. The molecule has 152 valence electrons. The molecule has 0 bridgehead atoms. The van der Waals surface area contributed by atoms with E-state index in [1.54, 1.807) is 30.3 Å². The van der Waals surface area contributed by atoms with E-state index < -0.39 is 20.0 Å². The van der Waals surface area contributed by atoms with E-state index in [2.05, 4.69) is 15.9 Å². The van der Waals surface area contributed by atoms with Gasteiger partial charge in [0.15, 0.2) is 0 Å². The van der Waals surface area contributed by atoms with Crippen LogP contribution in [0.15, 0.2) is 57.9 Å². The predicted octanol–water partition coefficient (Wildman–Crippen LogP) is 2.29. The van der Waals surface area contributed by atoms with Crippen LogP contribution in [-0.2, 0) is 25.8 Å². The molecular weight excluding hydrogens is 468 g/mol. The van der Waals surface area contributed by atoms with Gasteiger partial charge in [-0.25, -0.2) is 16.8 Å². The Labute approximate surface area is 174 Å². The Morgan fingerprint density at radius 2 is 1.54 bits per heavy atom. The third-order valence-corrected chi connectivity index (χ3v) is 8.91. The van der Waals surface area contributed by atoms with E-state index in [0.717, 1.165) is 0 Å². The Kier molecular flexibility index (Phi) is 6.45. The van der Waals surface area contributed by atoms with Gasteiger partial charge in [-0.1, -0.05) is 30.3 Å². The van der Waals surface area contributed by atoms with Gasteiger partial charge in [-0.05, 0) is 39.7 Å². The van der Waals surface area contributed by atoms with E-state index in [4.69, 9.17) is 4.74 Å². The molecule has 1 saturated heterocycles. The lowest BCUT2D eigenvalue weighted by molar-refractivity contribution is 0.272. The Morgan fingerprint density at radius 1 is 0.929 bits per heavy atom. The second-order valence-corrected chi connectivity index (χ2v) is 11.1. The second kappa shape index (κ2) is 8.50. The number of methoxy groups -OCH3 is 1. The molecule has 10 heteroatoms. The van der Waals surface area contributed by atoms with Gasteiger partial charge in [0.05, 0.1) is 22.2 Å². The minimum atomic E-state index is -3.71. The van der Waals surface area contributed by atoms with E-state index >= 15 is 0 Å². The number of benzene rings is 2. The van der Waals surface area contributed by atoms with Crippen molar-refractivity contribution in [1.29, 1.82) is 0 Å². The van der Waals surface area contributed by atoms with Gasteiger partial charge >= 0.3 is 0 Å². The highest BCUT2D eigenvalue weighted by molar-refractivity contribution is 9.10. The predicted molar refractivity (Wildman–Crippen MR) is 110 cm³/mol. The summed E-state index contributed by atoms with van der Waals surface area (Å²) in [5.41, 5.74) is 0.709. The maximum Gasteiger partial charge on any atom is 0.243 e. The summed E-state index contributed by atoms with van der Waals surface area (Å²) in [6.45, 7) is 0.484. The Hall–Kier alpha value is -1.46. The van der Waals surface area contributed by atoms with Gasteiger partial charge in [0.1, 0.15) is 5.75 Å². The molecule has 0 aromatic heterocycles. The van der Waals surface area contributed by atoms with Crippen molar-refractivity contribution in [3.8, 4) is 5.75 Å². The average molecular weight is 489 g/mol. The molecule has 0 unspecified atom stereocenters. The van der Waals surface area contributed by atoms with Crippen LogP contribution in [0.1, 0.15) is 5.56 Å². The van der Waals surface area contributed by atoms with Gasteiger partial charge in [-0.15, -0.1) is 0 Å². The van der Waals surface area contributed by atoms with Crippen LogP contribution in [-0.4, -0.2) is 58.7 Å². The summed E-state index contributed by atoms with van der Waals surface area (Å²) in [5.74, 6) is 0.447. The van der Waals surface area contributed by atoms with Gasteiger partial charge in [0, 0.05) is 26.2 Å². The number of nitrogens with zero attached hydrogens (tertiary/aromatic N) is 2. The molecule has 1 heterocycles. The van der Waals surface area contributed by atoms with Gasteiger partial charge < -0.3 is 4.74 Å². The van der Waals surface area contributed by atoms with Crippen LogP contribution >= 0.6 is 15.9 Å². The number of hydrogen-bond acceptors (Lipinski definition) is 5. The molecule has 0 aliphatic carbocycles. The molecule has 7 nitrogen and oxygen atoms in total. The quantitative estimate of drug-likeness (QED) is 0.622. The Morgan fingerprint density at radius 3 is 2.11 bits per heavy atom. The van der Waals surface area contributed by atoms with Crippen molar-refractivity contribution >= 4 is 36.0 Å². The average Bonchev–Trinajstić information content (AvgIpc) is 2.68. The first-order chi connectivity index (χ1) is 13.2. The fraction of sp³-hybridized carbons (Fsp3) is 0.333. The summed E-state index contributed by atoms with van der Waals surface area (Å²) in [4.78, 5) is 0.140. The standard InChI is InChI=1S/C18H21BrN2O5S2/c1-26-18-8-7-16(13-17(18)19)28(24,25)21-11-9-20(10-12-21)27(22,23)14-15-5-3-2-4-6-15/h2-8,13H,9-12,14H2,1H3. The van der Waals surface area contributed by atoms with Crippen LogP contribution in [0, 0.1) is 0 Å². The zero-order valence-electron chi connectivity index (χ0n) is 15.3.